The molecule has 0 aromatic heterocycles. The lowest BCUT2D eigenvalue weighted by Crippen LogP contribution is -3.00. The Kier molecular flexibility index (Phi) is 8.74. The molecule has 1 rings (SSSR count). The number of nitrogens with two attached hydrogens (primary N) is 2. The van der Waals surface area contributed by atoms with E-state index in [1.54, 1.807) is 12.1 Å². The average Bonchev–Trinajstić information content (AvgIpc) is 2.30. The smallest absolute Gasteiger partial charge is 0.279 e. The van der Waals surface area contributed by atoms with Crippen molar-refractivity contribution in [3.05, 3.63) is 24.3 Å². The van der Waals surface area contributed by atoms with Crippen molar-refractivity contribution in [1.82, 2.24) is 0 Å². The Morgan fingerprint density at radius 3 is 2.61 bits per heavy atom. The van der Waals surface area contributed by atoms with Gasteiger partial charge < -0.3 is 40.3 Å². The highest BCUT2D eigenvalue weighted by Gasteiger charge is 2.10. The summed E-state index contributed by atoms with van der Waals surface area (Å²) in [5.74, 6) is 0.0162. The summed E-state index contributed by atoms with van der Waals surface area (Å²) in [5, 5.41) is 4.92. The molecule has 0 aliphatic carbocycles. The fourth-order valence-electron chi connectivity index (χ4n) is 1.72. The van der Waals surface area contributed by atoms with Crippen LogP contribution >= 0.6 is 0 Å². The topological polar surface area (TPSA) is 71.7 Å². The Labute approximate surface area is 126 Å². The van der Waals surface area contributed by atoms with Gasteiger partial charge in [-0.1, -0.05) is 19.9 Å². The molecule has 0 fully saturated rings. The summed E-state index contributed by atoms with van der Waals surface area (Å²) >= 11 is 0. The highest BCUT2D eigenvalue weighted by molar-refractivity contribution is 5.91. The molecular formula is C13H22IN3O. The lowest BCUT2D eigenvalue weighted by Gasteiger charge is -2.11. The predicted octanol–water partition coefficient (Wildman–Crippen LogP) is -2.04. The van der Waals surface area contributed by atoms with Crippen molar-refractivity contribution >= 4 is 17.3 Å². The number of benzene rings is 1. The number of halogens is 1. The maximum Gasteiger partial charge on any atom is 0.279 e. The van der Waals surface area contributed by atoms with Crippen molar-refractivity contribution in [1.29, 1.82) is 0 Å². The molecule has 0 aliphatic heterocycles. The SMILES string of the molecule is CCC(CC)[NH2+]CC(=O)Nc1cccc(N)c1.[I-]. The molecule has 0 heterocycles. The van der Waals surface area contributed by atoms with E-state index < -0.39 is 0 Å². The van der Waals surface area contributed by atoms with Crippen LogP contribution in [0.5, 0.6) is 0 Å². The molecule has 0 aliphatic rings. The lowest BCUT2D eigenvalue weighted by atomic mass is 10.2. The second kappa shape index (κ2) is 9.16. The molecule has 5 N–H and O–H groups in total. The Morgan fingerprint density at radius 1 is 1.39 bits per heavy atom. The Bertz CT molecular complexity index is 367. The molecular weight excluding hydrogens is 341 g/mol. The van der Waals surface area contributed by atoms with Crippen LogP contribution in [0.1, 0.15) is 26.7 Å². The van der Waals surface area contributed by atoms with Crippen LogP contribution in [0.3, 0.4) is 0 Å². The minimum absolute atomic E-state index is 0. The first-order valence-electron chi connectivity index (χ1n) is 6.14. The van der Waals surface area contributed by atoms with Gasteiger partial charge in [-0.25, -0.2) is 0 Å². The largest absolute Gasteiger partial charge is 1.00 e. The van der Waals surface area contributed by atoms with Gasteiger partial charge in [0.15, 0.2) is 6.54 Å². The zero-order valence-corrected chi connectivity index (χ0v) is 13.1. The molecule has 0 radical (unpaired) electrons. The van der Waals surface area contributed by atoms with Gasteiger partial charge in [-0.15, -0.1) is 0 Å². The summed E-state index contributed by atoms with van der Waals surface area (Å²) in [6, 6.07) is 7.75. The number of carbonyl (C=O) groups is 1. The quantitative estimate of drug-likeness (QED) is 0.403. The second-order valence-corrected chi connectivity index (χ2v) is 4.19. The molecule has 1 amide bonds. The van der Waals surface area contributed by atoms with Crippen molar-refractivity contribution in [3.63, 3.8) is 0 Å². The molecule has 4 nitrogen and oxygen atoms in total. The number of hydrogen-bond donors (Lipinski definition) is 3. The molecule has 0 bridgehead atoms. The van der Waals surface area contributed by atoms with Gasteiger partial charge in [-0.2, -0.15) is 0 Å². The number of nitrogen functional groups attached to an aromatic ring is 1. The third kappa shape index (κ3) is 6.20. The van der Waals surface area contributed by atoms with Crippen molar-refractivity contribution in [2.45, 2.75) is 32.7 Å². The zero-order chi connectivity index (χ0) is 12.7. The first-order valence-corrected chi connectivity index (χ1v) is 6.14. The number of anilines is 2. The predicted molar refractivity (Wildman–Crippen MR) is 70.6 cm³/mol. The summed E-state index contributed by atoms with van der Waals surface area (Å²) in [7, 11) is 0. The van der Waals surface area contributed by atoms with Crippen LogP contribution in [0.2, 0.25) is 0 Å². The van der Waals surface area contributed by atoms with Gasteiger partial charge in [-0.05, 0) is 31.0 Å². The number of rotatable bonds is 6. The zero-order valence-electron chi connectivity index (χ0n) is 10.9. The van der Waals surface area contributed by atoms with Crippen molar-refractivity contribution in [2.75, 3.05) is 17.6 Å². The number of carbonyl (C=O) groups excluding carboxylic acids is 1. The maximum absolute atomic E-state index is 11.7. The number of hydrogen-bond acceptors (Lipinski definition) is 2. The molecule has 1 aromatic rings. The van der Waals surface area contributed by atoms with E-state index in [0.717, 1.165) is 18.5 Å². The van der Waals surface area contributed by atoms with Gasteiger partial charge in [0.2, 0.25) is 0 Å². The van der Waals surface area contributed by atoms with E-state index in [1.807, 2.05) is 12.1 Å². The third-order valence-electron chi connectivity index (χ3n) is 2.86. The van der Waals surface area contributed by atoms with Crippen LogP contribution in [-0.4, -0.2) is 18.5 Å². The minimum Gasteiger partial charge on any atom is -1.00 e. The van der Waals surface area contributed by atoms with Crippen LogP contribution in [0.15, 0.2) is 24.3 Å². The molecule has 0 spiro atoms. The molecule has 1 aromatic carbocycles. The summed E-state index contributed by atoms with van der Waals surface area (Å²) in [6.45, 7) is 4.74. The Hall–Kier alpha value is -0.820. The first kappa shape index (κ1) is 17.2. The Morgan fingerprint density at radius 2 is 2.06 bits per heavy atom. The van der Waals surface area contributed by atoms with Gasteiger partial charge in [-0.3, -0.25) is 4.79 Å². The van der Waals surface area contributed by atoms with E-state index in [1.165, 1.54) is 0 Å². The first-order chi connectivity index (χ1) is 8.15. The molecule has 0 atom stereocenters. The van der Waals surface area contributed by atoms with Crippen LogP contribution in [0.25, 0.3) is 0 Å². The number of quaternary nitrogens is 1. The molecule has 0 saturated heterocycles. The van der Waals surface area contributed by atoms with Gasteiger partial charge in [0.05, 0.1) is 6.04 Å². The fourth-order valence-corrected chi connectivity index (χ4v) is 1.72. The molecule has 0 unspecified atom stereocenters. The average molecular weight is 363 g/mol. The van der Waals surface area contributed by atoms with E-state index in [-0.39, 0.29) is 29.9 Å². The summed E-state index contributed by atoms with van der Waals surface area (Å²) < 4.78 is 0. The number of nitrogens with one attached hydrogen (secondary N) is 1. The molecule has 5 heteroatoms. The standard InChI is InChI=1S/C13H21N3O.HI/c1-3-11(4-2)15-9-13(17)16-12-7-5-6-10(14)8-12;/h5-8,11,15H,3-4,9,14H2,1-2H3,(H,16,17);1H. The molecule has 102 valence electrons. The monoisotopic (exact) mass is 363 g/mol. The van der Waals surface area contributed by atoms with E-state index in [9.17, 15) is 4.79 Å². The van der Waals surface area contributed by atoms with E-state index >= 15 is 0 Å². The van der Waals surface area contributed by atoms with Crippen molar-refractivity contribution in [3.8, 4) is 0 Å². The molecule has 0 saturated carbocycles. The summed E-state index contributed by atoms with van der Waals surface area (Å²) in [4.78, 5) is 11.7. The third-order valence-corrected chi connectivity index (χ3v) is 2.86. The van der Waals surface area contributed by atoms with Crippen LogP contribution in [-0.2, 0) is 4.79 Å². The van der Waals surface area contributed by atoms with E-state index in [2.05, 4.69) is 24.5 Å². The van der Waals surface area contributed by atoms with Crippen LogP contribution in [0.4, 0.5) is 11.4 Å². The van der Waals surface area contributed by atoms with Crippen LogP contribution in [0, 0.1) is 0 Å². The van der Waals surface area contributed by atoms with Gasteiger partial charge in [0.25, 0.3) is 5.91 Å². The summed E-state index contributed by atoms with van der Waals surface area (Å²) in [6.07, 6.45) is 2.17. The highest BCUT2D eigenvalue weighted by Crippen LogP contribution is 2.10. The minimum atomic E-state index is 0. The van der Waals surface area contributed by atoms with Crippen LogP contribution < -0.4 is 40.3 Å². The highest BCUT2D eigenvalue weighted by atomic mass is 127. The van der Waals surface area contributed by atoms with Crippen molar-refractivity contribution in [2.24, 2.45) is 0 Å². The Balaban J connectivity index is 0.00000289. The van der Waals surface area contributed by atoms with E-state index in [0.29, 0.717) is 18.3 Å². The maximum atomic E-state index is 11.7. The number of amides is 1. The summed E-state index contributed by atoms with van der Waals surface area (Å²) in [5.41, 5.74) is 7.06. The van der Waals surface area contributed by atoms with Gasteiger partial charge in [0, 0.05) is 11.4 Å². The lowest BCUT2D eigenvalue weighted by molar-refractivity contribution is -0.679. The fraction of sp³-hybridized carbons (Fsp3) is 0.462. The van der Waals surface area contributed by atoms with Gasteiger partial charge >= 0.3 is 0 Å². The molecule has 18 heavy (non-hydrogen) atoms. The van der Waals surface area contributed by atoms with E-state index in [4.69, 9.17) is 5.73 Å². The normalized spacial score (nSPS) is 9.94. The van der Waals surface area contributed by atoms with Crippen molar-refractivity contribution < 1.29 is 34.1 Å². The van der Waals surface area contributed by atoms with Gasteiger partial charge in [0.1, 0.15) is 0 Å². The second-order valence-electron chi connectivity index (χ2n) is 4.19.